The summed E-state index contributed by atoms with van der Waals surface area (Å²) in [6, 6.07) is 5.88. The van der Waals surface area contributed by atoms with Crippen LogP contribution < -0.4 is 10.5 Å². The lowest BCUT2D eigenvalue weighted by Gasteiger charge is -2.37. The number of benzene rings is 1. The van der Waals surface area contributed by atoms with E-state index < -0.39 is 6.10 Å². The molecule has 2 rings (SSSR count). The number of likely N-dealkylation sites (tertiary alicyclic amines) is 1. The molecule has 1 aromatic rings. The van der Waals surface area contributed by atoms with Crippen molar-refractivity contribution in [3.63, 3.8) is 0 Å². The molecule has 1 fully saturated rings. The molecule has 5 heteroatoms. The Kier molecular flexibility index (Phi) is 5.12. The molecule has 3 atom stereocenters. The molecule has 1 aromatic carbocycles. The van der Waals surface area contributed by atoms with Gasteiger partial charge in [0.05, 0.1) is 5.02 Å². The highest BCUT2D eigenvalue weighted by molar-refractivity contribution is 6.32. The largest absolute Gasteiger partial charge is 0.479 e. The number of hydrogen-bond donors (Lipinski definition) is 1. The van der Waals surface area contributed by atoms with Crippen molar-refractivity contribution in [2.24, 2.45) is 5.73 Å². The molecule has 0 spiro atoms. The molecule has 0 aliphatic carbocycles. The van der Waals surface area contributed by atoms with Crippen molar-refractivity contribution in [3.05, 3.63) is 28.8 Å². The maximum atomic E-state index is 12.5. The second kappa shape index (κ2) is 6.67. The fourth-order valence-corrected chi connectivity index (χ4v) is 2.87. The Morgan fingerprint density at radius 1 is 1.52 bits per heavy atom. The van der Waals surface area contributed by atoms with Crippen LogP contribution in [0.5, 0.6) is 5.75 Å². The molecule has 4 nitrogen and oxygen atoms in total. The van der Waals surface area contributed by atoms with Crippen LogP contribution in [0, 0.1) is 6.92 Å². The van der Waals surface area contributed by atoms with Crippen molar-refractivity contribution in [3.8, 4) is 5.75 Å². The zero-order valence-electron chi connectivity index (χ0n) is 12.8. The highest BCUT2D eigenvalue weighted by Crippen LogP contribution is 2.27. The third-order valence-corrected chi connectivity index (χ3v) is 4.25. The molecule has 1 aliphatic rings. The highest BCUT2D eigenvalue weighted by atomic mass is 35.5. The van der Waals surface area contributed by atoms with E-state index in [1.165, 1.54) is 0 Å². The van der Waals surface area contributed by atoms with Crippen molar-refractivity contribution >= 4 is 17.5 Å². The van der Waals surface area contributed by atoms with E-state index in [0.29, 0.717) is 17.3 Å². The van der Waals surface area contributed by atoms with E-state index >= 15 is 0 Å². The molecular formula is C16H23ClN2O2. The van der Waals surface area contributed by atoms with E-state index in [1.807, 2.05) is 30.9 Å². The molecule has 21 heavy (non-hydrogen) atoms. The maximum absolute atomic E-state index is 12.5. The Morgan fingerprint density at radius 3 is 2.90 bits per heavy atom. The average Bonchev–Trinajstić information content (AvgIpc) is 2.42. The minimum absolute atomic E-state index is 0.00743. The van der Waals surface area contributed by atoms with E-state index in [4.69, 9.17) is 22.1 Å². The number of hydrogen-bond acceptors (Lipinski definition) is 3. The van der Waals surface area contributed by atoms with Gasteiger partial charge < -0.3 is 15.4 Å². The van der Waals surface area contributed by atoms with Crippen LogP contribution in [0.15, 0.2) is 18.2 Å². The van der Waals surface area contributed by atoms with E-state index in [0.717, 1.165) is 18.4 Å². The monoisotopic (exact) mass is 310 g/mol. The molecule has 1 heterocycles. The Labute approximate surface area is 131 Å². The topological polar surface area (TPSA) is 55.6 Å². The van der Waals surface area contributed by atoms with Crippen LogP contribution in [-0.4, -0.2) is 35.5 Å². The van der Waals surface area contributed by atoms with Crippen molar-refractivity contribution in [1.82, 2.24) is 4.90 Å². The summed E-state index contributed by atoms with van der Waals surface area (Å²) in [4.78, 5) is 14.4. The van der Waals surface area contributed by atoms with E-state index in [9.17, 15) is 4.79 Å². The first-order chi connectivity index (χ1) is 9.88. The standard InChI is InChI=1S/C16H23ClN2O2/c1-10-4-5-14(17)15(8-10)21-12(3)16(20)19-7-6-13(18)9-11(19)2/h4-5,8,11-13H,6-7,9,18H2,1-3H3. The molecule has 0 bridgehead atoms. The van der Waals surface area contributed by atoms with Gasteiger partial charge in [-0.1, -0.05) is 17.7 Å². The van der Waals surface area contributed by atoms with Gasteiger partial charge in [0.2, 0.25) is 0 Å². The molecule has 116 valence electrons. The second-order valence-corrected chi connectivity index (χ2v) is 6.27. The molecule has 0 radical (unpaired) electrons. The number of rotatable bonds is 3. The number of nitrogens with zero attached hydrogens (tertiary/aromatic N) is 1. The molecule has 0 aromatic heterocycles. The van der Waals surface area contributed by atoms with Gasteiger partial charge in [0.25, 0.3) is 5.91 Å². The van der Waals surface area contributed by atoms with Crippen molar-refractivity contribution in [2.45, 2.75) is 51.8 Å². The van der Waals surface area contributed by atoms with Crippen LogP contribution in [0.25, 0.3) is 0 Å². The molecule has 1 aliphatic heterocycles. The molecule has 0 saturated carbocycles. The SMILES string of the molecule is Cc1ccc(Cl)c(OC(C)C(=O)N2CCC(N)CC2C)c1. The third kappa shape index (κ3) is 3.89. The lowest BCUT2D eigenvalue weighted by atomic mass is 9.98. The predicted octanol–water partition coefficient (Wildman–Crippen LogP) is 2.75. The Morgan fingerprint density at radius 2 is 2.24 bits per heavy atom. The molecule has 1 saturated heterocycles. The van der Waals surface area contributed by atoms with Crippen molar-refractivity contribution < 1.29 is 9.53 Å². The molecule has 1 amide bonds. The molecule has 2 N–H and O–H groups in total. The van der Waals surface area contributed by atoms with Crippen LogP contribution in [0.1, 0.15) is 32.3 Å². The Bertz CT molecular complexity index is 521. The first-order valence-corrected chi connectivity index (χ1v) is 7.75. The van der Waals surface area contributed by atoms with Gasteiger partial charge in [-0.15, -0.1) is 0 Å². The number of carbonyl (C=O) groups excluding carboxylic acids is 1. The number of piperidine rings is 1. The average molecular weight is 311 g/mol. The number of halogens is 1. The smallest absolute Gasteiger partial charge is 0.263 e. The summed E-state index contributed by atoms with van der Waals surface area (Å²) in [5.41, 5.74) is 6.98. The zero-order chi connectivity index (χ0) is 15.6. The Balaban J connectivity index is 2.04. The number of amides is 1. The summed E-state index contributed by atoms with van der Waals surface area (Å²) in [5.74, 6) is 0.547. The number of aryl methyl sites for hydroxylation is 1. The summed E-state index contributed by atoms with van der Waals surface area (Å²) >= 11 is 6.11. The highest BCUT2D eigenvalue weighted by Gasteiger charge is 2.30. The first kappa shape index (κ1) is 16.1. The van der Waals surface area contributed by atoms with Gasteiger partial charge in [0.15, 0.2) is 6.10 Å². The fourth-order valence-electron chi connectivity index (χ4n) is 2.71. The summed E-state index contributed by atoms with van der Waals surface area (Å²) in [5, 5.41) is 0.522. The van der Waals surface area contributed by atoms with Gasteiger partial charge in [-0.05, 0) is 51.3 Å². The quantitative estimate of drug-likeness (QED) is 0.934. The lowest BCUT2D eigenvalue weighted by Crippen LogP contribution is -2.51. The van der Waals surface area contributed by atoms with Gasteiger partial charge in [-0.2, -0.15) is 0 Å². The van der Waals surface area contributed by atoms with Gasteiger partial charge in [0.1, 0.15) is 5.75 Å². The van der Waals surface area contributed by atoms with Crippen LogP contribution in [0.4, 0.5) is 0 Å². The van der Waals surface area contributed by atoms with E-state index in [1.54, 1.807) is 13.0 Å². The van der Waals surface area contributed by atoms with Crippen molar-refractivity contribution in [2.75, 3.05) is 6.54 Å². The second-order valence-electron chi connectivity index (χ2n) is 5.86. The van der Waals surface area contributed by atoms with Gasteiger partial charge in [-0.25, -0.2) is 0 Å². The normalized spacial score (nSPS) is 23.8. The minimum atomic E-state index is -0.555. The zero-order valence-corrected chi connectivity index (χ0v) is 13.6. The van der Waals surface area contributed by atoms with Gasteiger partial charge in [0, 0.05) is 18.6 Å². The summed E-state index contributed by atoms with van der Waals surface area (Å²) in [6.45, 7) is 6.45. The fraction of sp³-hybridized carbons (Fsp3) is 0.562. The Hall–Kier alpha value is -1.26. The third-order valence-electron chi connectivity index (χ3n) is 3.94. The van der Waals surface area contributed by atoms with E-state index in [2.05, 4.69) is 0 Å². The van der Waals surface area contributed by atoms with Crippen LogP contribution in [0.3, 0.4) is 0 Å². The summed E-state index contributed by atoms with van der Waals surface area (Å²) < 4.78 is 5.76. The molecular weight excluding hydrogens is 288 g/mol. The number of nitrogens with two attached hydrogens (primary N) is 1. The first-order valence-electron chi connectivity index (χ1n) is 7.37. The van der Waals surface area contributed by atoms with Crippen LogP contribution >= 0.6 is 11.6 Å². The lowest BCUT2D eigenvalue weighted by molar-refractivity contribution is -0.141. The van der Waals surface area contributed by atoms with Crippen LogP contribution in [-0.2, 0) is 4.79 Å². The minimum Gasteiger partial charge on any atom is -0.479 e. The van der Waals surface area contributed by atoms with Crippen LogP contribution in [0.2, 0.25) is 5.02 Å². The summed E-state index contributed by atoms with van der Waals surface area (Å²) in [6.07, 6.45) is 1.12. The van der Waals surface area contributed by atoms with Gasteiger partial charge >= 0.3 is 0 Å². The molecule has 3 unspecified atom stereocenters. The van der Waals surface area contributed by atoms with Gasteiger partial charge in [-0.3, -0.25) is 4.79 Å². The van der Waals surface area contributed by atoms with Crippen molar-refractivity contribution in [1.29, 1.82) is 0 Å². The number of ether oxygens (including phenoxy) is 1. The number of carbonyl (C=O) groups is 1. The predicted molar refractivity (Wildman–Crippen MR) is 84.7 cm³/mol. The summed E-state index contributed by atoms with van der Waals surface area (Å²) in [7, 11) is 0. The maximum Gasteiger partial charge on any atom is 0.263 e. The van der Waals surface area contributed by atoms with E-state index in [-0.39, 0.29) is 18.0 Å².